The fourth-order valence-corrected chi connectivity index (χ4v) is 3.55. The molecule has 1 fully saturated rings. The summed E-state index contributed by atoms with van der Waals surface area (Å²) in [5.41, 5.74) is 1.01. The van der Waals surface area contributed by atoms with Gasteiger partial charge >= 0.3 is 0 Å². The van der Waals surface area contributed by atoms with Crippen LogP contribution in [0.15, 0.2) is 34.9 Å². The summed E-state index contributed by atoms with van der Waals surface area (Å²) in [6.07, 6.45) is 1.38. The van der Waals surface area contributed by atoms with E-state index in [4.69, 9.17) is 9.78 Å². The highest BCUT2D eigenvalue weighted by Gasteiger charge is 2.29. The number of hydrogen-bond acceptors (Lipinski definition) is 6. The molecule has 0 unspecified atom stereocenters. The van der Waals surface area contributed by atoms with E-state index in [0.717, 1.165) is 5.56 Å². The quantitative estimate of drug-likeness (QED) is 0.638. The second-order valence-corrected chi connectivity index (χ2v) is 7.11. The molecule has 0 aliphatic carbocycles. The van der Waals surface area contributed by atoms with Gasteiger partial charge in [-0.1, -0.05) is 17.3 Å². The Labute approximate surface area is 174 Å². The molecule has 2 aromatic carbocycles. The van der Waals surface area contributed by atoms with Crippen molar-refractivity contribution in [2.24, 2.45) is 0 Å². The minimum atomic E-state index is -1.73. The summed E-state index contributed by atoms with van der Waals surface area (Å²) in [4.78, 5) is 18.0. The van der Waals surface area contributed by atoms with E-state index < -0.39 is 40.6 Å². The molecule has 2 heterocycles. The van der Waals surface area contributed by atoms with Crippen molar-refractivity contribution in [3.8, 4) is 23.3 Å². The number of carbonyl (C=O) groups is 1. The molecule has 3 aromatic rings. The number of phenols is 1. The van der Waals surface area contributed by atoms with Gasteiger partial charge in [-0.2, -0.15) is 14.6 Å². The minimum absolute atomic E-state index is 0.233. The second kappa shape index (κ2) is 8.10. The maximum Gasteiger partial charge on any atom is 0.295 e. The van der Waals surface area contributed by atoms with Gasteiger partial charge in [0.25, 0.3) is 17.6 Å². The van der Waals surface area contributed by atoms with Crippen LogP contribution in [0.5, 0.6) is 5.75 Å². The van der Waals surface area contributed by atoms with Gasteiger partial charge in [-0.15, -0.1) is 0 Å². The Morgan fingerprint density at radius 1 is 1.16 bits per heavy atom. The number of aromatic hydroxyl groups is 1. The van der Waals surface area contributed by atoms with Gasteiger partial charge in [-0.25, -0.2) is 8.78 Å². The van der Waals surface area contributed by atoms with Gasteiger partial charge in [-0.3, -0.25) is 4.79 Å². The number of amides is 1. The molecule has 0 radical (unpaired) electrons. The number of aromatic nitrogens is 2. The predicted molar refractivity (Wildman–Crippen MR) is 100 cm³/mol. The van der Waals surface area contributed by atoms with Crippen molar-refractivity contribution in [2.45, 2.75) is 18.8 Å². The molecule has 1 amide bonds. The number of hydrogen-bond donors (Lipinski definition) is 1. The van der Waals surface area contributed by atoms with Crippen LogP contribution in [0.25, 0.3) is 11.5 Å². The number of benzene rings is 2. The molecule has 0 atom stereocenters. The molecular weight excluding hydrogens is 413 g/mol. The highest BCUT2D eigenvalue weighted by Crippen LogP contribution is 2.32. The summed E-state index contributed by atoms with van der Waals surface area (Å²) in [5, 5.41) is 21.7. The molecular formula is C21H15F3N4O3. The molecule has 4 rings (SSSR count). The van der Waals surface area contributed by atoms with Crippen LogP contribution in [-0.4, -0.2) is 39.1 Å². The summed E-state index contributed by atoms with van der Waals surface area (Å²) in [7, 11) is 0. The monoisotopic (exact) mass is 428 g/mol. The molecule has 31 heavy (non-hydrogen) atoms. The lowest BCUT2D eigenvalue weighted by Gasteiger charge is -2.31. The fourth-order valence-electron chi connectivity index (χ4n) is 3.55. The minimum Gasteiger partial charge on any atom is -0.503 e. The van der Waals surface area contributed by atoms with E-state index in [0.29, 0.717) is 37.6 Å². The first-order chi connectivity index (χ1) is 14.9. The highest BCUT2D eigenvalue weighted by atomic mass is 19.2. The lowest BCUT2D eigenvalue weighted by atomic mass is 9.89. The third kappa shape index (κ3) is 3.82. The first kappa shape index (κ1) is 20.4. The molecule has 10 heteroatoms. The van der Waals surface area contributed by atoms with E-state index in [-0.39, 0.29) is 11.7 Å². The largest absolute Gasteiger partial charge is 0.503 e. The van der Waals surface area contributed by atoms with Gasteiger partial charge in [-0.05, 0) is 42.5 Å². The van der Waals surface area contributed by atoms with Crippen molar-refractivity contribution in [2.75, 3.05) is 13.1 Å². The van der Waals surface area contributed by atoms with Crippen molar-refractivity contribution in [3.05, 3.63) is 64.7 Å². The normalized spacial score (nSPS) is 14.5. The third-order valence-corrected chi connectivity index (χ3v) is 5.27. The van der Waals surface area contributed by atoms with Crippen LogP contribution in [0.4, 0.5) is 13.2 Å². The van der Waals surface area contributed by atoms with Crippen LogP contribution < -0.4 is 0 Å². The Morgan fingerprint density at radius 3 is 2.48 bits per heavy atom. The van der Waals surface area contributed by atoms with Gasteiger partial charge in [0.15, 0.2) is 17.4 Å². The second-order valence-electron chi connectivity index (χ2n) is 7.11. The van der Waals surface area contributed by atoms with Gasteiger partial charge in [0.2, 0.25) is 5.82 Å². The van der Waals surface area contributed by atoms with E-state index in [1.807, 2.05) is 12.1 Å². The molecule has 0 spiro atoms. The molecule has 1 aliphatic rings. The summed E-state index contributed by atoms with van der Waals surface area (Å²) >= 11 is 0. The molecule has 158 valence electrons. The first-order valence-electron chi connectivity index (χ1n) is 9.39. The number of phenolic OH excluding ortho intramolecular Hbond substituents is 1. The Morgan fingerprint density at radius 2 is 1.84 bits per heavy atom. The Kier molecular flexibility index (Phi) is 5.33. The lowest BCUT2D eigenvalue weighted by molar-refractivity contribution is 0.0697. The van der Waals surface area contributed by atoms with Gasteiger partial charge < -0.3 is 14.5 Å². The van der Waals surface area contributed by atoms with E-state index in [1.165, 1.54) is 4.90 Å². The number of piperidine rings is 1. The Hall–Kier alpha value is -3.87. The summed E-state index contributed by atoms with van der Waals surface area (Å²) in [6, 6.07) is 9.85. The average molecular weight is 428 g/mol. The van der Waals surface area contributed by atoms with Gasteiger partial charge in [0, 0.05) is 13.1 Å². The molecule has 0 bridgehead atoms. The van der Waals surface area contributed by atoms with Gasteiger partial charge in [0.1, 0.15) is 0 Å². The van der Waals surface area contributed by atoms with Crippen LogP contribution in [0.3, 0.4) is 0 Å². The van der Waals surface area contributed by atoms with Crippen molar-refractivity contribution in [3.63, 3.8) is 0 Å². The fraction of sp³-hybridized carbons (Fsp3) is 0.238. The first-order valence-corrected chi connectivity index (χ1v) is 9.39. The van der Waals surface area contributed by atoms with Crippen LogP contribution >= 0.6 is 0 Å². The zero-order chi connectivity index (χ0) is 22.1. The summed E-state index contributed by atoms with van der Waals surface area (Å²) in [6.45, 7) is 0.849. The molecule has 1 aromatic heterocycles. The van der Waals surface area contributed by atoms with E-state index in [1.54, 1.807) is 12.1 Å². The maximum absolute atomic E-state index is 14.0. The van der Waals surface area contributed by atoms with E-state index >= 15 is 0 Å². The average Bonchev–Trinajstić information content (AvgIpc) is 3.30. The zero-order valence-electron chi connectivity index (χ0n) is 16.0. The number of halogens is 3. The molecule has 1 saturated heterocycles. The maximum atomic E-state index is 14.0. The van der Waals surface area contributed by atoms with E-state index in [2.05, 4.69) is 16.2 Å². The topological polar surface area (TPSA) is 103 Å². The summed E-state index contributed by atoms with van der Waals surface area (Å²) < 4.78 is 45.6. The summed E-state index contributed by atoms with van der Waals surface area (Å²) in [5.74, 6) is -7.42. The van der Waals surface area contributed by atoms with Crippen molar-refractivity contribution >= 4 is 5.91 Å². The third-order valence-electron chi connectivity index (χ3n) is 5.27. The smallest absolute Gasteiger partial charge is 0.295 e. The SMILES string of the molecule is N#Cc1ccc(C2CCN(C(=O)c3noc(-c4cc(F)c(F)c(O)c4F)n3)CC2)cc1. The zero-order valence-corrected chi connectivity index (χ0v) is 16.0. The van der Waals surface area contributed by atoms with Crippen LogP contribution in [-0.2, 0) is 0 Å². The van der Waals surface area contributed by atoms with Crippen molar-refractivity contribution < 1.29 is 27.6 Å². The standard InChI is InChI=1S/C21H15F3N4O3/c22-15-9-14(16(23)18(29)17(15)24)20-26-19(27-31-20)21(30)28-7-5-13(6-8-28)12-3-1-11(10-25)2-4-12/h1-4,9,13,29H,5-8H2. The Balaban J connectivity index is 1.46. The molecule has 1 N–H and O–H groups in total. The number of carbonyl (C=O) groups excluding carboxylic acids is 1. The number of nitrogens with zero attached hydrogens (tertiary/aromatic N) is 4. The molecule has 1 aliphatic heterocycles. The Bertz CT molecular complexity index is 1180. The van der Waals surface area contributed by atoms with Crippen LogP contribution in [0, 0.1) is 28.8 Å². The number of rotatable bonds is 3. The molecule has 7 nitrogen and oxygen atoms in total. The predicted octanol–water partition coefficient (Wildman–Crippen LogP) is 3.75. The van der Waals surface area contributed by atoms with Crippen molar-refractivity contribution in [1.82, 2.24) is 15.0 Å². The van der Waals surface area contributed by atoms with E-state index in [9.17, 15) is 23.1 Å². The lowest BCUT2D eigenvalue weighted by Crippen LogP contribution is -2.38. The van der Waals surface area contributed by atoms with Crippen LogP contribution in [0.1, 0.15) is 40.5 Å². The van der Waals surface area contributed by atoms with Crippen molar-refractivity contribution in [1.29, 1.82) is 5.26 Å². The number of likely N-dealkylation sites (tertiary alicyclic amines) is 1. The number of nitriles is 1. The highest BCUT2D eigenvalue weighted by molar-refractivity contribution is 5.90. The van der Waals surface area contributed by atoms with Crippen LogP contribution in [0.2, 0.25) is 0 Å². The molecule has 0 saturated carbocycles. The van der Waals surface area contributed by atoms with Gasteiger partial charge in [0.05, 0.1) is 17.2 Å².